The Morgan fingerprint density at radius 2 is 2.04 bits per heavy atom. The molecule has 8 heteroatoms. The zero-order valence-corrected chi connectivity index (χ0v) is 16.3. The third kappa shape index (κ3) is 3.96. The molecule has 0 bridgehead atoms. The van der Waals surface area contributed by atoms with Crippen molar-refractivity contribution in [3.8, 4) is 10.8 Å². The van der Waals surface area contributed by atoms with Gasteiger partial charge in [0.1, 0.15) is 0 Å². The first kappa shape index (κ1) is 17.2. The van der Waals surface area contributed by atoms with Crippen LogP contribution in [0.5, 0.6) is 0 Å². The van der Waals surface area contributed by atoms with E-state index in [9.17, 15) is 0 Å². The van der Waals surface area contributed by atoms with Gasteiger partial charge < -0.3 is 4.42 Å². The van der Waals surface area contributed by atoms with Crippen LogP contribution in [-0.2, 0) is 6.54 Å². The maximum absolute atomic E-state index is 6.02. The lowest BCUT2D eigenvalue weighted by molar-refractivity contribution is 0.0882. The molecule has 1 saturated heterocycles. The summed E-state index contributed by atoms with van der Waals surface area (Å²) < 4.78 is 6.75. The molecule has 0 aliphatic carbocycles. The van der Waals surface area contributed by atoms with Crippen molar-refractivity contribution in [2.24, 2.45) is 0 Å². The fourth-order valence-electron chi connectivity index (χ4n) is 3.03. The van der Waals surface area contributed by atoms with Crippen LogP contribution in [0.25, 0.3) is 10.8 Å². The van der Waals surface area contributed by atoms with Gasteiger partial charge in [-0.25, -0.2) is 0 Å². The standard InChI is InChI=1S/C17H19ClN4OS2/c1-12(16-19-20-17(23-16)14-3-2-10-24-14)22-8-6-21(7-9-22)11-13-4-5-15(18)25-13/h2-5,10,12H,6-9,11H2,1H3/t12-/m1/s1. The first-order valence-electron chi connectivity index (χ1n) is 8.27. The Labute approximate surface area is 159 Å². The molecule has 4 heterocycles. The van der Waals surface area contributed by atoms with E-state index >= 15 is 0 Å². The molecular formula is C17H19ClN4OS2. The summed E-state index contributed by atoms with van der Waals surface area (Å²) in [6.07, 6.45) is 0. The van der Waals surface area contributed by atoms with Crippen LogP contribution in [0.15, 0.2) is 34.1 Å². The third-order valence-corrected chi connectivity index (χ3v) is 6.57. The minimum Gasteiger partial charge on any atom is -0.418 e. The van der Waals surface area contributed by atoms with Crippen LogP contribution < -0.4 is 0 Å². The zero-order valence-electron chi connectivity index (χ0n) is 13.9. The topological polar surface area (TPSA) is 45.4 Å². The van der Waals surface area contributed by atoms with E-state index in [-0.39, 0.29) is 6.04 Å². The lowest BCUT2D eigenvalue weighted by Gasteiger charge is -2.36. The van der Waals surface area contributed by atoms with Crippen molar-refractivity contribution in [2.45, 2.75) is 19.5 Å². The minimum atomic E-state index is 0.138. The summed E-state index contributed by atoms with van der Waals surface area (Å²) in [6.45, 7) is 7.18. The van der Waals surface area contributed by atoms with Crippen LogP contribution in [0, 0.1) is 0 Å². The number of hydrogen-bond donors (Lipinski definition) is 0. The largest absolute Gasteiger partial charge is 0.418 e. The molecule has 0 radical (unpaired) electrons. The van der Waals surface area contributed by atoms with E-state index in [1.165, 1.54) is 4.88 Å². The molecule has 3 aromatic rings. The molecule has 0 spiro atoms. The van der Waals surface area contributed by atoms with Gasteiger partial charge in [0, 0.05) is 37.6 Å². The number of rotatable bonds is 5. The van der Waals surface area contributed by atoms with Crippen LogP contribution in [0.2, 0.25) is 4.34 Å². The van der Waals surface area contributed by atoms with Gasteiger partial charge in [-0.15, -0.1) is 32.9 Å². The molecular weight excluding hydrogens is 376 g/mol. The van der Waals surface area contributed by atoms with Gasteiger partial charge in [0.05, 0.1) is 15.3 Å². The van der Waals surface area contributed by atoms with Crippen molar-refractivity contribution in [1.82, 2.24) is 20.0 Å². The predicted molar refractivity (Wildman–Crippen MR) is 102 cm³/mol. The van der Waals surface area contributed by atoms with Crippen molar-refractivity contribution < 1.29 is 4.42 Å². The smallest absolute Gasteiger partial charge is 0.257 e. The zero-order chi connectivity index (χ0) is 17.2. The van der Waals surface area contributed by atoms with Gasteiger partial charge >= 0.3 is 0 Å². The second kappa shape index (κ2) is 7.55. The normalized spacial score (nSPS) is 17.8. The maximum atomic E-state index is 6.02. The highest BCUT2D eigenvalue weighted by molar-refractivity contribution is 7.16. The van der Waals surface area contributed by atoms with Crippen molar-refractivity contribution in [1.29, 1.82) is 0 Å². The highest BCUT2D eigenvalue weighted by Crippen LogP contribution is 2.28. The number of hydrogen-bond acceptors (Lipinski definition) is 7. The molecule has 132 valence electrons. The fraction of sp³-hybridized carbons (Fsp3) is 0.412. The summed E-state index contributed by atoms with van der Waals surface area (Å²) in [5.74, 6) is 1.31. The Bertz CT molecular complexity index is 808. The number of aromatic nitrogens is 2. The van der Waals surface area contributed by atoms with Gasteiger partial charge in [-0.1, -0.05) is 17.7 Å². The molecule has 1 aliphatic rings. The van der Waals surface area contributed by atoms with E-state index in [4.69, 9.17) is 16.0 Å². The van der Waals surface area contributed by atoms with Gasteiger partial charge in [-0.05, 0) is 30.5 Å². The van der Waals surface area contributed by atoms with Crippen LogP contribution in [-0.4, -0.2) is 46.2 Å². The summed E-state index contributed by atoms with van der Waals surface area (Å²) in [4.78, 5) is 7.22. The molecule has 1 fully saturated rings. The summed E-state index contributed by atoms with van der Waals surface area (Å²) in [5, 5.41) is 10.5. The molecule has 5 nitrogen and oxygen atoms in total. The predicted octanol–water partition coefficient (Wildman–Crippen LogP) is 4.39. The summed E-state index contributed by atoms with van der Waals surface area (Å²) in [7, 11) is 0. The van der Waals surface area contributed by atoms with Crippen LogP contribution in [0.4, 0.5) is 0 Å². The first-order valence-corrected chi connectivity index (χ1v) is 10.3. The van der Waals surface area contributed by atoms with E-state index in [2.05, 4.69) is 33.0 Å². The Morgan fingerprint density at radius 1 is 1.20 bits per heavy atom. The SMILES string of the molecule is C[C@H](c1nnc(-c2cccs2)o1)N1CCN(Cc2ccc(Cl)s2)CC1. The van der Waals surface area contributed by atoms with Crippen molar-refractivity contribution in [3.05, 3.63) is 44.7 Å². The Morgan fingerprint density at radius 3 is 2.72 bits per heavy atom. The molecule has 0 aromatic carbocycles. The molecule has 0 unspecified atom stereocenters. The summed E-state index contributed by atoms with van der Waals surface area (Å²) in [6, 6.07) is 8.22. The molecule has 0 saturated carbocycles. The van der Waals surface area contributed by atoms with Crippen LogP contribution in [0.1, 0.15) is 23.7 Å². The summed E-state index contributed by atoms with van der Waals surface area (Å²) in [5.41, 5.74) is 0. The molecule has 1 atom stereocenters. The van der Waals surface area contributed by atoms with Crippen molar-refractivity contribution in [2.75, 3.05) is 26.2 Å². The Hall–Kier alpha value is -1.25. The van der Waals surface area contributed by atoms with E-state index < -0.39 is 0 Å². The number of piperazine rings is 1. The molecule has 25 heavy (non-hydrogen) atoms. The Kier molecular flexibility index (Phi) is 5.19. The van der Waals surface area contributed by atoms with Crippen LogP contribution >= 0.6 is 34.3 Å². The van der Waals surface area contributed by atoms with E-state index in [0.717, 1.165) is 41.9 Å². The molecule has 3 aromatic heterocycles. The van der Waals surface area contributed by atoms with Gasteiger partial charge in [0.2, 0.25) is 5.89 Å². The number of nitrogens with zero attached hydrogens (tertiary/aromatic N) is 4. The first-order chi connectivity index (χ1) is 12.2. The molecule has 1 aliphatic heterocycles. The van der Waals surface area contributed by atoms with Gasteiger partial charge in [-0.2, -0.15) is 0 Å². The number of thiophene rings is 2. The lowest BCUT2D eigenvalue weighted by Crippen LogP contribution is -2.46. The monoisotopic (exact) mass is 394 g/mol. The second-order valence-corrected chi connectivity index (χ2v) is 8.86. The van der Waals surface area contributed by atoms with Crippen molar-refractivity contribution >= 4 is 34.3 Å². The number of halogens is 1. The third-order valence-electron chi connectivity index (χ3n) is 4.49. The van der Waals surface area contributed by atoms with Gasteiger partial charge in [0.15, 0.2) is 0 Å². The molecule has 4 rings (SSSR count). The van der Waals surface area contributed by atoms with E-state index in [0.29, 0.717) is 11.8 Å². The average molecular weight is 395 g/mol. The van der Waals surface area contributed by atoms with Gasteiger partial charge in [0.25, 0.3) is 5.89 Å². The minimum absolute atomic E-state index is 0.138. The average Bonchev–Trinajstić information content (AvgIpc) is 3.36. The highest BCUT2D eigenvalue weighted by atomic mass is 35.5. The van der Waals surface area contributed by atoms with Crippen molar-refractivity contribution in [3.63, 3.8) is 0 Å². The summed E-state index contributed by atoms with van der Waals surface area (Å²) >= 11 is 9.30. The quantitative estimate of drug-likeness (QED) is 0.642. The molecule has 0 N–H and O–H groups in total. The van der Waals surface area contributed by atoms with E-state index in [1.54, 1.807) is 22.7 Å². The maximum Gasteiger partial charge on any atom is 0.257 e. The highest BCUT2D eigenvalue weighted by Gasteiger charge is 2.26. The van der Waals surface area contributed by atoms with Gasteiger partial charge in [-0.3, -0.25) is 9.80 Å². The van der Waals surface area contributed by atoms with Crippen LogP contribution in [0.3, 0.4) is 0 Å². The molecule has 0 amide bonds. The Balaban J connectivity index is 1.34. The van der Waals surface area contributed by atoms with E-state index in [1.807, 2.05) is 23.6 Å². The fourth-order valence-corrected chi connectivity index (χ4v) is 4.80. The lowest BCUT2D eigenvalue weighted by atomic mass is 10.2. The second-order valence-electron chi connectivity index (χ2n) is 6.12.